The normalized spacial score (nSPS) is 15.0. The Morgan fingerprint density at radius 3 is 2.71 bits per heavy atom. The van der Waals surface area contributed by atoms with Crippen molar-refractivity contribution in [2.45, 2.75) is 11.7 Å². The molecule has 80 valence electrons. The Hall–Kier alpha value is -0.835. The van der Waals surface area contributed by atoms with E-state index in [1.165, 1.54) is 0 Å². The molecule has 1 N–H and O–H groups in total. The molecule has 1 aromatic rings. The van der Waals surface area contributed by atoms with Gasteiger partial charge in [-0.1, -0.05) is 15.9 Å². The second-order valence-electron chi connectivity index (χ2n) is 3.90. The van der Waals surface area contributed by atoms with E-state index >= 15 is 0 Å². The number of hydrogen-bond acceptors (Lipinski definition) is 2. The first-order chi connectivity index (χ1) is 7.87. The minimum Gasteiger partial charge on any atom is -0.515 e. The summed E-state index contributed by atoms with van der Waals surface area (Å²) >= 11 is 3.33. The first-order valence-corrected chi connectivity index (χ1v) is 5.82. The van der Waals surface area contributed by atoms with Crippen LogP contribution in [-0.2, 0) is 6.42 Å². The van der Waals surface area contributed by atoms with Gasteiger partial charge in [0.1, 0.15) is 29.3 Å². The Labute approximate surface area is 112 Å². The molecule has 17 heavy (non-hydrogen) atoms. The van der Waals surface area contributed by atoms with E-state index in [9.17, 15) is 4.79 Å². The zero-order chi connectivity index (χ0) is 12.6. The maximum absolute atomic E-state index is 11.8. The highest BCUT2D eigenvalue weighted by molar-refractivity contribution is 9.10. The first-order valence-electron chi connectivity index (χ1n) is 5.03. The van der Waals surface area contributed by atoms with Crippen molar-refractivity contribution >= 4 is 45.4 Å². The van der Waals surface area contributed by atoms with Crippen molar-refractivity contribution < 1.29 is 9.53 Å². The van der Waals surface area contributed by atoms with E-state index in [4.69, 9.17) is 28.3 Å². The summed E-state index contributed by atoms with van der Waals surface area (Å²) in [7, 11) is 16.1. The Kier molecular flexibility index (Phi) is 3.30. The lowest BCUT2D eigenvalue weighted by Crippen LogP contribution is -2.39. The van der Waals surface area contributed by atoms with Crippen molar-refractivity contribution in [2.24, 2.45) is 0 Å². The second-order valence-corrected chi connectivity index (χ2v) is 4.82. The first kappa shape index (κ1) is 12.6. The summed E-state index contributed by atoms with van der Waals surface area (Å²) in [5, 5.41) is 0.914. The van der Waals surface area contributed by atoms with E-state index in [1.54, 1.807) is 6.07 Å². The fraction of sp³-hybridized carbons (Fsp3) is 0.300. The molecule has 0 unspecified atom stereocenters. The highest BCUT2D eigenvalue weighted by Crippen LogP contribution is 2.30. The molecule has 1 aliphatic heterocycles. The van der Waals surface area contributed by atoms with Crippen LogP contribution >= 0.6 is 15.9 Å². The fourth-order valence-electron chi connectivity index (χ4n) is 1.76. The third kappa shape index (κ3) is 2.89. The SMILES string of the molecule is [B]C([B])([B])Oc1cc(Br)cc2c1C(=O)NCC2. The largest absolute Gasteiger partial charge is 0.515 e. The van der Waals surface area contributed by atoms with Crippen LogP contribution < -0.4 is 10.1 Å². The van der Waals surface area contributed by atoms with Gasteiger partial charge in [-0.2, -0.15) is 0 Å². The molecule has 6 radical (unpaired) electrons. The molecular weight excluding hydrogens is 278 g/mol. The predicted molar refractivity (Wildman–Crippen MR) is 70.8 cm³/mol. The number of rotatable bonds is 2. The molecule has 0 spiro atoms. The lowest BCUT2D eigenvalue weighted by atomic mass is 9.52. The number of carbonyl (C=O) groups is 1. The van der Waals surface area contributed by atoms with Crippen LogP contribution in [0, 0.1) is 0 Å². The van der Waals surface area contributed by atoms with Gasteiger partial charge in [0, 0.05) is 11.0 Å². The number of ether oxygens (including phenoxy) is 1. The van der Waals surface area contributed by atoms with Crippen LogP contribution in [0.15, 0.2) is 16.6 Å². The third-order valence-corrected chi connectivity index (χ3v) is 2.80. The van der Waals surface area contributed by atoms with E-state index in [1.807, 2.05) is 6.07 Å². The highest BCUT2D eigenvalue weighted by Gasteiger charge is 2.24. The molecule has 0 aromatic heterocycles. The molecule has 0 saturated carbocycles. The van der Waals surface area contributed by atoms with Crippen LogP contribution in [-0.4, -0.2) is 41.3 Å². The maximum Gasteiger partial charge on any atom is 0.255 e. The molecule has 3 nitrogen and oxygen atoms in total. The van der Waals surface area contributed by atoms with Crippen LogP contribution in [0.1, 0.15) is 15.9 Å². The average molecular weight is 286 g/mol. The molecule has 0 aliphatic carbocycles. The summed E-state index contributed by atoms with van der Waals surface area (Å²) < 4.78 is 5.98. The molecule has 0 fully saturated rings. The van der Waals surface area contributed by atoms with Crippen molar-refractivity contribution in [1.82, 2.24) is 5.32 Å². The summed E-state index contributed by atoms with van der Waals surface area (Å²) in [5.41, 5.74) is 1.31. The smallest absolute Gasteiger partial charge is 0.255 e. The zero-order valence-electron chi connectivity index (χ0n) is 9.00. The monoisotopic (exact) mass is 285 g/mol. The Morgan fingerprint density at radius 1 is 1.35 bits per heavy atom. The van der Waals surface area contributed by atoms with Gasteiger partial charge in [-0.3, -0.25) is 4.79 Å². The fourth-order valence-corrected chi connectivity index (χ4v) is 2.25. The van der Waals surface area contributed by atoms with Crippen molar-refractivity contribution in [1.29, 1.82) is 0 Å². The quantitative estimate of drug-likeness (QED) is 0.790. The number of nitrogens with one attached hydrogen (secondary N) is 1. The summed E-state index contributed by atoms with van der Waals surface area (Å²) in [5.74, 6) is 0.0667. The average Bonchev–Trinajstić information content (AvgIpc) is 2.13. The Bertz CT molecular complexity index is 473. The third-order valence-electron chi connectivity index (χ3n) is 2.34. The standard InChI is InChI=1S/C10H7B3BrNO2/c11-10(12,13)17-7-4-6(14)3-5-1-2-15-9(16)8(5)7/h3-4H,1-2H2,(H,15,16). The van der Waals surface area contributed by atoms with E-state index < -0.39 is 5.30 Å². The van der Waals surface area contributed by atoms with Crippen molar-refractivity contribution in [3.63, 3.8) is 0 Å². The van der Waals surface area contributed by atoms with Gasteiger partial charge in [-0.15, -0.1) is 0 Å². The van der Waals surface area contributed by atoms with Crippen LogP contribution in [0.25, 0.3) is 0 Å². The molecule has 1 aliphatic rings. The summed E-state index contributed by atoms with van der Waals surface area (Å²) in [6, 6.07) is 3.48. The molecular formula is C10H7B3BrNO2. The number of halogens is 1. The number of benzene rings is 1. The van der Waals surface area contributed by atoms with Gasteiger partial charge < -0.3 is 10.1 Å². The number of carbonyl (C=O) groups excluding carboxylic acids is 1. The van der Waals surface area contributed by atoms with Crippen LogP contribution in [0.3, 0.4) is 0 Å². The van der Waals surface area contributed by atoms with E-state index in [0.29, 0.717) is 12.1 Å². The molecule has 0 bridgehead atoms. The Balaban J connectivity index is 2.50. The van der Waals surface area contributed by atoms with E-state index in [-0.39, 0.29) is 11.7 Å². The molecule has 1 aromatic carbocycles. The van der Waals surface area contributed by atoms with Gasteiger partial charge in [0.2, 0.25) is 0 Å². The predicted octanol–water partition coefficient (Wildman–Crippen LogP) is 0.231. The van der Waals surface area contributed by atoms with Crippen LogP contribution in [0.5, 0.6) is 5.75 Å². The van der Waals surface area contributed by atoms with Gasteiger partial charge in [0.05, 0.1) is 5.56 Å². The summed E-state index contributed by atoms with van der Waals surface area (Å²) in [6.45, 7) is 0.598. The topological polar surface area (TPSA) is 38.3 Å². The lowest BCUT2D eigenvalue weighted by molar-refractivity contribution is 0.0941. The maximum atomic E-state index is 11.8. The zero-order valence-corrected chi connectivity index (χ0v) is 10.6. The van der Waals surface area contributed by atoms with Gasteiger partial charge in [-0.25, -0.2) is 0 Å². The van der Waals surface area contributed by atoms with Gasteiger partial charge in [-0.05, 0) is 29.4 Å². The van der Waals surface area contributed by atoms with Crippen LogP contribution in [0.4, 0.5) is 0 Å². The number of hydrogen-bond donors (Lipinski definition) is 1. The molecule has 1 heterocycles. The Morgan fingerprint density at radius 2 is 2.06 bits per heavy atom. The molecule has 0 saturated heterocycles. The second kappa shape index (κ2) is 4.44. The van der Waals surface area contributed by atoms with Gasteiger partial charge >= 0.3 is 0 Å². The van der Waals surface area contributed by atoms with E-state index in [0.717, 1.165) is 16.5 Å². The molecule has 2 rings (SSSR count). The van der Waals surface area contributed by atoms with Crippen molar-refractivity contribution in [3.8, 4) is 5.75 Å². The van der Waals surface area contributed by atoms with Crippen LogP contribution in [0.2, 0.25) is 0 Å². The molecule has 7 heteroatoms. The minimum absolute atomic E-state index is 0.210. The number of amides is 1. The van der Waals surface area contributed by atoms with Gasteiger partial charge in [0.25, 0.3) is 5.91 Å². The van der Waals surface area contributed by atoms with Crippen molar-refractivity contribution in [3.05, 3.63) is 27.7 Å². The number of fused-ring (bicyclic) bond motifs is 1. The molecule has 1 amide bonds. The highest BCUT2D eigenvalue weighted by atomic mass is 79.9. The molecule has 0 atom stereocenters. The van der Waals surface area contributed by atoms with E-state index in [2.05, 4.69) is 21.2 Å². The minimum atomic E-state index is -1.81. The summed E-state index contributed by atoms with van der Waals surface area (Å²) in [4.78, 5) is 11.8. The summed E-state index contributed by atoms with van der Waals surface area (Å²) in [6.07, 6.45) is 0.726. The van der Waals surface area contributed by atoms with Gasteiger partial charge in [0.15, 0.2) is 0 Å². The van der Waals surface area contributed by atoms with Crippen molar-refractivity contribution in [2.75, 3.05) is 6.54 Å². The lowest BCUT2D eigenvalue weighted by Gasteiger charge is -2.27.